The van der Waals surface area contributed by atoms with Crippen LogP contribution in [0.5, 0.6) is 0 Å². The monoisotopic (exact) mass is 796 g/mol. The highest BCUT2D eigenvalue weighted by Gasteiger charge is 2.56. The number of benzene rings is 4. The van der Waals surface area contributed by atoms with E-state index in [4.69, 9.17) is 0 Å². The molecule has 2 heterocycles. The molecule has 8 rings (SSSR count). The lowest BCUT2D eigenvalue weighted by atomic mass is 9.52. The van der Waals surface area contributed by atoms with Gasteiger partial charge in [-0.05, 0) is 162 Å². The molecule has 4 aromatic carbocycles. The second kappa shape index (κ2) is 17.0. The second-order valence-electron chi connectivity index (χ2n) is 18.3. The first-order chi connectivity index (χ1) is 28.9. The molecule has 4 aromatic rings. The number of nitrogens with one attached hydrogen (secondary N) is 2. The van der Waals surface area contributed by atoms with Crippen molar-refractivity contribution in [3.05, 3.63) is 177 Å². The predicted molar refractivity (Wildman–Crippen MR) is 245 cm³/mol. The van der Waals surface area contributed by atoms with Crippen LogP contribution in [0.3, 0.4) is 0 Å². The fourth-order valence-corrected chi connectivity index (χ4v) is 10.9. The highest BCUT2D eigenvalue weighted by Crippen LogP contribution is 2.56. The minimum atomic E-state index is -1.08. The molecule has 5 heteroatoms. The van der Waals surface area contributed by atoms with Gasteiger partial charge in [0.2, 0.25) is 0 Å². The number of Topliss-reactive ketones (excluding diaryl/α,β-unsaturated/α-hetero) is 3. The number of rotatable bonds is 10. The van der Waals surface area contributed by atoms with Gasteiger partial charge in [0.1, 0.15) is 0 Å². The molecular formula is C55H60N2O3. The minimum Gasteiger partial charge on any atom is -0.316 e. The Hall–Kier alpha value is -5.23. The fraction of sp³-hybridized carbons (Fsp3) is 0.364. The molecule has 6 unspecified atom stereocenters. The van der Waals surface area contributed by atoms with Gasteiger partial charge in [0.15, 0.2) is 17.3 Å². The molecular weight excluding hydrogens is 737 g/mol. The minimum absolute atomic E-state index is 0.0606. The zero-order valence-electron chi connectivity index (χ0n) is 36.2. The number of ketones is 3. The van der Waals surface area contributed by atoms with Crippen LogP contribution >= 0.6 is 0 Å². The Morgan fingerprint density at radius 3 is 1.30 bits per heavy atom. The lowest BCUT2D eigenvalue weighted by Crippen LogP contribution is -2.53. The van der Waals surface area contributed by atoms with Gasteiger partial charge in [-0.15, -0.1) is 0 Å². The summed E-state index contributed by atoms with van der Waals surface area (Å²) in [6.45, 7) is 16.2. The topological polar surface area (TPSA) is 75.3 Å². The summed E-state index contributed by atoms with van der Waals surface area (Å²) < 4.78 is 0. The number of hydrogen-bond donors (Lipinski definition) is 2. The summed E-state index contributed by atoms with van der Waals surface area (Å²) in [5, 5.41) is 7.33. The molecule has 2 N–H and O–H groups in total. The molecule has 0 amide bonds. The molecule has 2 aliphatic heterocycles. The van der Waals surface area contributed by atoms with Gasteiger partial charge in [0, 0.05) is 22.3 Å². The maximum Gasteiger partial charge on any atom is 0.193 e. The third-order valence-corrected chi connectivity index (χ3v) is 14.6. The van der Waals surface area contributed by atoms with E-state index in [0.29, 0.717) is 22.3 Å². The average molecular weight is 797 g/mol. The van der Waals surface area contributed by atoms with Gasteiger partial charge in [-0.2, -0.15) is 0 Å². The molecule has 4 aliphatic rings. The molecule has 0 aromatic heterocycles. The first kappa shape index (κ1) is 41.5. The summed E-state index contributed by atoms with van der Waals surface area (Å²) in [7, 11) is 0. The number of aryl methyl sites for hydroxylation is 2. The van der Waals surface area contributed by atoms with Gasteiger partial charge in [0.05, 0.1) is 10.8 Å². The van der Waals surface area contributed by atoms with Gasteiger partial charge >= 0.3 is 0 Å². The normalized spacial score (nSPS) is 26.9. The summed E-state index contributed by atoms with van der Waals surface area (Å²) in [6, 6.07) is 31.6. The summed E-state index contributed by atoms with van der Waals surface area (Å²) >= 11 is 0. The van der Waals surface area contributed by atoms with E-state index < -0.39 is 10.8 Å². The van der Waals surface area contributed by atoms with Crippen LogP contribution in [-0.4, -0.2) is 43.5 Å². The Morgan fingerprint density at radius 2 is 0.933 bits per heavy atom. The molecule has 2 aliphatic carbocycles. The molecule has 6 atom stereocenters. The first-order valence-electron chi connectivity index (χ1n) is 22.1. The van der Waals surface area contributed by atoms with Crippen LogP contribution < -0.4 is 10.6 Å². The first-order valence-corrected chi connectivity index (χ1v) is 22.1. The number of allylic oxidation sites excluding steroid dienone is 8. The molecule has 2 fully saturated rings. The number of piperidine rings is 2. The summed E-state index contributed by atoms with van der Waals surface area (Å²) in [5.74, 6) is -0.191. The van der Waals surface area contributed by atoms with Gasteiger partial charge in [0.25, 0.3) is 0 Å². The Morgan fingerprint density at radius 1 is 0.533 bits per heavy atom. The van der Waals surface area contributed by atoms with Crippen molar-refractivity contribution >= 4 is 28.5 Å². The van der Waals surface area contributed by atoms with Crippen molar-refractivity contribution in [2.45, 2.75) is 67.2 Å². The smallest absolute Gasteiger partial charge is 0.193 e. The molecule has 308 valence electrons. The van der Waals surface area contributed by atoms with Gasteiger partial charge in [-0.3, -0.25) is 14.4 Å². The third kappa shape index (κ3) is 7.56. The lowest BCUT2D eigenvalue weighted by molar-refractivity contribution is -0.138. The Labute approximate surface area is 357 Å². The molecule has 0 saturated carbocycles. The van der Waals surface area contributed by atoms with Crippen LogP contribution in [0.2, 0.25) is 0 Å². The predicted octanol–water partition coefficient (Wildman–Crippen LogP) is 10.8. The van der Waals surface area contributed by atoms with E-state index in [2.05, 4.69) is 113 Å². The molecule has 5 nitrogen and oxygen atoms in total. The van der Waals surface area contributed by atoms with Crippen molar-refractivity contribution in [2.75, 3.05) is 26.2 Å². The maximum absolute atomic E-state index is 16.6. The highest BCUT2D eigenvalue weighted by molar-refractivity contribution is 6.21. The van der Waals surface area contributed by atoms with Crippen LogP contribution in [0.25, 0.3) is 11.1 Å². The van der Waals surface area contributed by atoms with Gasteiger partial charge in [-0.25, -0.2) is 0 Å². The molecule has 0 radical (unpaired) electrons. The van der Waals surface area contributed by atoms with Crippen molar-refractivity contribution in [1.29, 1.82) is 0 Å². The Bertz CT molecular complexity index is 2260. The zero-order valence-corrected chi connectivity index (χ0v) is 36.2. The van der Waals surface area contributed by atoms with E-state index in [1.807, 2.05) is 60.7 Å². The van der Waals surface area contributed by atoms with Crippen molar-refractivity contribution < 1.29 is 14.4 Å². The lowest BCUT2D eigenvalue weighted by Gasteiger charge is -2.50. The Balaban J connectivity index is 1.37. The van der Waals surface area contributed by atoms with Crippen molar-refractivity contribution in [1.82, 2.24) is 10.6 Å². The third-order valence-electron chi connectivity index (χ3n) is 14.6. The molecule has 0 spiro atoms. The van der Waals surface area contributed by atoms with Crippen LogP contribution in [-0.2, 0) is 4.79 Å². The second-order valence-corrected chi connectivity index (χ2v) is 18.3. The van der Waals surface area contributed by atoms with Gasteiger partial charge < -0.3 is 10.6 Å². The van der Waals surface area contributed by atoms with Crippen LogP contribution in [0, 0.1) is 62.2 Å². The van der Waals surface area contributed by atoms with Crippen molar-refractivity contribution in [2.24, 2.45) is 34.5 Å². The summed E-state index contributed by atoms with van der Waals surface area (Å²) in [4.78, 5) is 46.6. The average Bonchev–Trinajstić information content (AvgIpc) is 3.28. The molecule has 0 bridgehead atoms. The van der Waals surface area contributed by atoms with E-state index >= 15 is 4.79 Å². The number of carbonyl (C=O) groups excluding carboxylic acids is 3. The quantitative estimate of drug-likeness (QED) is 0.156. The SMILES string of the molecule is Cc1cccc(C2=CC(C3CCCNC3)C(C)(C(=O)C3(C)C=C(C(=O)c4ccccc4)C(c4cccc(C)c4C)=CC3C3CCCNC3)C=C2C(=O)c2ccccc2)c1C. The van der Waals surface area contributed by atoms with Crippen LogP contribution in [0.15, 0.2) is 133 Å². The van der Waals surface area contributed by atoms with Crippen molar-refractivity contribution in [3.63, 3.8) is 0 Å². The van der Waals surface area contributed by atoms with E-state index in [9.17, 15) is 9.59 Å². The molecule has 2 saturated heterocycles. The number of carbonyl (C=O) groups is 3. The van der Waals surface area contributed by atoms with E-state index in [1.165, 1.54) is 0 Å². The number of hydrogen-bond acceptors (Lipinski definition) is 5. The van der Waals surface area contributed by atoms with Crippen LogP contribution in [0.1, 0.15) is 93.6 Å². The molecule has 60 heavy (non-hydrogen) atoms. The van der Waals surface area contributed by atoms with Crippen molar-refractivity contribution in [3.8, 4) is 0 Å². The Kier molecular flexibility index (Phi) is 11.8. The van der Waals surface area contributed by atoms with Gasteiger partial charge in [-0.1, -0.05) is 121 Å². The summed E-state index contributed by atoms with van der Waals surface area (Å²) in [6.07, 6.45) is 12.7. The fourth-order valence-electron chi connectivity index (χ4n) is 10.9. The summed E-state index contributed by atoms with van der Waals surface area (Å²) in [5.41, 5.74) is 8.60. The zero-order chi connectivity index (χ0) is 42.2. The maximum atomic E-state index is 16.6. The van der Waals surface area contributed by atoms with E-state index in [1.54, 1.807) is 0 Å². The largest absolute Gasteiger partial charge is 0.316 e. The standard InChI is InChI=1S/C55H60N2O3/c1-35-17-13-25-43(37(35)3)45-29-49(41-23-15-27-56-33-41)54(5,31-47(45)51(58)39-19-9-7-10-20-39)53(60)55(6)32-48(52(59)40-21-11-8-12-22-40)46(44-26-14-18-36(2)38(44)4)30-50(55)42-24-16-28-57-34-42/h7-14,17-22,25-26,29-32,41-42,49-50,56-57H,15-16,23-24,27-28,33-34H2,1-6H3. The highest BCUT2D eigenvalue weighted by atomic mass is 16.1. The van der Waals surface area contributed by atoms with Crippen LogP contribution in [0.4, 0.5) is 0 Å². The van der Waals surface area contributed by atoms with E-state index in [-0.39, 0.29) is 41.0 Å². The van der Waals surface area contributed by atoms with E-state index in [0.717, 1.165) is 96.4 Å².